The monoisotopic (exact) mass is 225 g/mol. The summed E-state index contributed by atoms with van der Waals surface area (Å²) in [6.45, 7) is 5.75. The van der Waals surface area contributed by atoms with Gasteiger partial charge in [0.05, 0.1) is 0 Å². The van der Waals surface area contributed by atoms with Crippen LogP contribution in [-0.2, 0) is 0 Å². The van der Waals surface area contributed by atoms with E-state index in [0.717, 1.165) is 13.0 Å². The molecule has 90 valence electrons. The largest absolute Gasteiger partial charge is 0.348 e. The Hall–Kier alpha value is -1.43. The molecule has 0 saturated heterocycles. The molecule has 16 heavy (non-hydrogen) atoms. The number of nitrogens with one attached hydrogen (secondary N) is 2. The summed E-state index contributed by atoms with van der Waals surface area (Å²) < 4.78 is 0. The molecule has 0 fully saturated rings. The fourth-order valence-corrected chi connectivity index (χ4v) is 1.28. The Morgan fingerprint density at radius 1 is 1.69 bits per heavy atom. The van der Waals surface area contributed by atoms with Crippen molar-refractivity contribution in [1.82, 2.24) is 25.4 Å². The lowest BCUT2D eigenvalue weighted by Gasteiger charge is -2.23. The van der Waals surface area contributed by atoms with Gasteiger partial charge in [0.15, 0.2) is 0 Å². The number of likely N-dealkylation sites (N-methyl/N-ethyl adjacent to an activating group) is 1. The Labute approximate surface area is 95.4 Å². The van der Waals surface area contributed by atoms with Gasteiger partial charge in [-0.25, -0.2) is 4.98 Å². The van der Waals surface area contributed by atoms with E-state index in [2.05, 4.69) is 46.3 Å². The van der Waals surface area contributed by atoms with Crippen molar-refractivity contribution >= 4 is 5.91 Å². The second-order valence-corrected chi connectivity index (χ2v) is 3.83. The Bertz CT molecular complexity index is 311. The average molecular weight is 225 g/mol. The number of hydrogen-bond acceptors (Lipinski definition) is 4. The van der Waals surface area contributed by atoms with Crippen LogP contribution in [0, 0.1) is 0 Å². The number of aromatic amines is 1. The lowest BCUT2D eigenvalue weighted by molar-refractivity contribution is 0.0937. The molecule has 1 heterocycles. The minimum atomic E-state index is -0.213. The lowest BCUT2D eigenvalue weighted by atomic mass is 10.2. The fourth-order valence-electron chi connectivity index (χ4n) is 1.28. The van der Waals surface area contributed by atoms with Gasteiger partial charge in [-0.15, -0.1) is 0 Å². The summed E-state index contributed by atoms with van der Waals surface area (Å²) in [5.41, 5.74) is 0. The Morgan fingerprint density at radius 3 is 3.00 bits per heavy atom. The first kappa shape index (κ1) is 12.6. The molecule has 1 atom stereocenters. The maximum atomic E-state index is 11.5. The third-order valence-corrected chi connectivity index (χ3v) is 2.72. The van der Waals surface area contributed by atoms with Crippen LogP contribution >= 0.6 is 0 Å². The summed E-state index contributed by atoms with van der Waals surface area (Å²) in [4.78, 5) is 17.4. The molecule has 0 aliphatic heterocycles. The van der Waals surface area contributed by atoms with Gasteiger partial charge in [-0.05, 0) is 20.4 Å². The number of aromatic nitrogens is 3. The number of rotatable bonds is 6. The minimum absolute atomic E-state index is 0.213. The van der Waals surface area contributed by atoms with Crippen LogP contribution in [0.3, 0.4) is 0 Å². The van der Waals surface area contributed by atoms with Crippen molar-refractivity contribution in [3.05, 3.63) is 12.2 Å². The zero-order valence-electron chi connectivity index (χ0n) is 10.0. The number of hydrogen-bond donors (Lipinski definition) is 2. The van der Waals surface area contributed by atoms with Crippen LogP contribution in [0.25, 0.3) is 0 Å². The molecule has 2 N–H and O–H groups in total. The van der Waals surface area contributed by atoms with Crippen LogP contribution in [0.15, 0.2) is 6.33 Å². The maximum Gasteiger partial charge on any atom is 0.288 e. The molecule has 0 aromatic carbocycles. The highest BCUT2D eigenvalue weighted by molar-refractivity contribution is 5.90. The topological polar surface area (TPSA) is 73.9 Å². The molecule has 6 nitrogen and oxygen atoms in total. The van der Waals surface area contributed by atoms with E-state index in [4.69, 9.17) is 0 Å². The summed E-state index contributed by atoms with van der Waals surface area (Å²) in [7, 11) is 2.05. The molecule has 1 rings (SSSR count). The van der Waals surface area contributed by atoms with Gasteiger partial charge in [0.1, 0.15) is 6.33 Å². The molecule has 0 aliphatic carbocycles. The van der Waals surface area contributed by atoms with Crippen LogP contribution in [0.5, 0.6) is 0 Å². The van der Waals surface area contributed by atoms with Crippen LogP contribution in [0.1, 0.15) is 30.9 Å². The van der Waals surface area contributed by atoms with Crippen LogP contribution in [-0.4, -0.2) is 52.2 Å². The van der Waals surface area contributed by atoms with Gasteiger partial charge in [-0.3, -0.25) is 9.89 Å². The molecule has 0 radical (unpaired) electrons. The van der Waals surface area contributed by atoms with Crippen molar-refractivity contribution in [1.29, 1.82) is 0 Å². The van der Waals surface area contributed by atoms with E-state index in [0.29, 0.717) is 12.6 Å². The second-order valence-electron chi connectivity index (χ2n) is 3.83. The van der Waals surface area contributed by atoms with Gasteiger partial charge in [0.25, 0.3) is 5.91 Å². The van der Waals surface area contributed by atoms with Gasteiger partial charge in [0.2, 0.25) is 5.82 Å². The SMILES string of the molecule is CCC(C)N(C)CCNC(=O)c1ncn[nH]1. The van der Waals surface area contributed by atoms with Crippen molar-refractivity contribution in [3.63, 3.8) is 0 Å². The van der Waals surface area contributed by atoms with E-state index in [9.17, 15) is 4.79 Å². The molecular weight excluding hydrogens is 206 g/mol. The summed E-state index contributed by atoms with van der Waals surface area (Å²) >= 11 is 0. The highest BCUT2D eigenvalue weighted by atomic mass is 16.2. The maximum absolute atomic E-state index is 11.5. The lowest BCUT2D eigenvalue weighted by Crippen LogP contribution is -2.37. The normalized spacial score (nSPS) is 12.8. The van der Waals surface area contributed by atoms with E-state index < -0.39 is 0 Å². The molecule has 0 saturated carbocycles. The third kappa shape index (κ3) is 3.62. The average Bonchev–Trinajstić information content (AvgIpc) is 2.81. The summed E-state index contributed by atoms with van der Waals surface area (Å²) in [6.07, 6.45) is 2.42. The predicted molar refractivity (Wildman–Crippen MR) is 61.1 cm³/mol. The summed E-state index contributed by atoms with van der Waals surface area (Å²) in [5, 5.41) is 8.92. The fraction of sp³-hybridized carbons (Fsp3) is 0.700. The minimum Gasteiger partial charge on any atom is -0.348 e. The van der Waals surface area contributed by atoms with Crippen molar-refractivity contribution < 1.29 is 4.79 Å². The second kappa shape index (κ2) is 6.22. The Morgan fingerprint density at radius 2 is 2.44 bits per heavy atom. The van der Waals surface area contributed by atoms with E-state index in [1.807, 2.05) is 0 Å². The predicted octanol–water partition coefficient (Wildman–Crippen LogP) is 0.265. The standard InChI is InChI=1S/C10H19N5O/c1-4-8(2)15(3)6-5-11-10(16)9-12-7-13-14-9/h7-8H,4-6H2,1-3H3,(H,11,16)(H,12,13,14). The number of carbonyl (C=O) groups excluding carboxylic acids is 1. The van der Waals surface area contributed by atoms with Gasteiger partial charge in [0, 0.05) is 19.1 Å². The summed E-state index contributed by atoms with van der Waals surface area (Å²) in [5.74, 6) is 0.0428. The Balaban J connectivity index is 2.23. The molecule has 0 bridgehead atoms. The van der Waals surface area contributed by atoms with Crippen molar-refractivity contribution in [3.8, 4) is 0 Å². The molecular formula is C10H19N5O. The van der Waals surface area contributed by atoms with Gasteiger partial charge in [-0.1, -0.05) is 6.92 Å². The smallest absolute Gasteiger partial charge is 0.288 e. The van der Waals surface area contributed by atoms with E-state index >= 15 is 0 Å². The van der Waals surface area contributed by atoms with E-state index in [-0.39, 0.29) is 11.7 Å². The van der Waals surface area contributed by atoms with Crippen LogP contribution in [0.4, 0.5) is 0 Å². The zero-order valence-corrected chi connectivity index (χ0v) is 10.0. The first-order valence-corrected chi connectivity index (χ1v) is 5.49. The molecule has 6 heteroatoms. The summed E-state index contributed by atoms with van der Waals surface area (Å²) in [6, 6.07) is 0.530. The number of nitrogens with zero attached hydrogens (tertiary/aromatic N) is 3. The first-order chi connectivity index (χ1) is 7.65. The Kier molecular flexibility index (Phi) is 4.91. The van der Waals surface area contributed by atoms with E-state index in [1.54, 1.807) is 0 Å². The van der Waals surface area contributed by atoms with Gasteiger partial charge in [-0.2, -0.15) is 5.10 Å². The van der Waals surface area contributed by atoms with E-state index in [1.165, 1.54) is 6.33 Å². The highest BCUT2D eigenvalue weighted by Gasteiger charge is 2.09. The number of H-pyrrole nitrogens is 1. The first-order valence-electron chi connectivity index (χ1n) is 5.49. The van der Waals surface area contributed by atoms with Crippen molar-refractivity contribution in [2.24, 2.45) is 0 Å². The van der Waals surface area contributed by atoms with Crippen LogP contribution in [0.2, 0.25) is 0 Å². The molecule has 0 aliphatic rings. The van der Waals surface area contributed by atoms with Crippen molar-refractivity contribution in [2.75, 3.05) is 20.1 Å². The zero-order chi connectivity index (χ0) is 12.0. The molecule has 1 aromatic heterocycles. The number of amides is 1. The molecule has 0 spiro atoms. The van der Waals surface area contributed by atoms with Gasteiger partial charge < -0.3 is 10.2 Å². The number of carbonyl (C=O) groups is 1. The third-order valence-electron chi connectivity index (χ3n) is 2.72. The molecule has 1 aromatic rings. The molecule has 1 amide bonds. The molecule has 1 unspecified atom stereocenters. The van der Waals surface area contributed by atoms with Gasteiger partial charge >= 0.3 is 0 Å². The quantitative estimate of drug-likeness (QED) is 0.728. The van der Waals surface area contributed by atoms with Crippen LogP contribution < -0.4 is 5.32 Å². The highest BCUT2D eigenvalue weighted by Crippen LogP contribution is 1.98. The van der Waals surface area contributed by atoms with Crippen molar-refractivity contribution in [2.45, 2.75) is 26.3 Å².